The summed E-state index contributed by atoms with van der Waals surface area (Å²) in [5, 5.41) is 5.44. The minimum Gasteiger partial charge on any atom is -0.352 e. The van der Waals surface area contributed by atoms with Crippen molar-refractivity contribution in [3.63, 3.8) is 0 Å². The molecule has 0 aliphatic carbocycles. The average molecular weight is 255 g/mol. The van der Waals surface area contributed by atoms with Gasteiger partial charge in [-0.1, -0.05) is 56.2 Å². The van der Waals surface area contributed by atoms with Crippen LogP contribution in [0, 0.1) is 0 Å². The zero-order valence-corrected chi connectivity index (χ0v) is 11.5. The molecule has 100 valence electrons. The van der Waals surface area contributed by atoms with Crippen LogP contribution in [0.1, 0.15) is 38.2 Å². The fraction of sp³-hybridized carbons (Fsp3) is 0.353. The van der Waals surface area contributed by atoms with Crippen LogP contribution < -0.4 is 5.32 Å². The first kappa shape index (κ1) is 13.6. The van der Waals surface area contributed by atoms with Crippen molar-refractivity contribution in [2.24, 2.45) is 0 Å². The Kier molecular flexibility index (Phi) is 4.96. The minimum atomic E-state index is 0.154. The van der Waals surface area contributed by atoms with Gasteiger partial charge in [0.1, 0.15) is 0 Å². The fourth-order valence-corrected chi connectivity index (χ4v) is 2.17. The molecule has 2 heteroatoms. The first-order valence-corrected chi connectivity index (χ1v) is 7.04. The maximum atomic E-state index is 11.6. The van der Waals surface area contributed by atoms with Crippen LogP contribution >= 0.6 is 0 Å². The third kappa shape index (κ3) is 4.09. The van der Waals surface area contributed by atoms with Gasteiger partial charge in [0.2, 0.25) is 5.91 Å². The van der Waals surface area contributed by atoms with Crippen LogP contribution in [0.5, 0.6) is 0 Å². The Morgan fingerprint density at radius 3 is 2.63 bits per heavy atom. The Bertz CT molecular complexity index is 548. The molecule has 0 atom stereocenters. The largest absolute Gasteiger partial charge is 0.352 e. The van der Waals surface area contributed by atoms with E-state index in [4.69, 9.17) is 0 Å². The molecular formula is C17H21NO. The number of benzene rings is 2. The van der Waals surface area contributed by atoms with Gasteiger partial charge in [-0.2, -0.15) is 0 Å². The molecule has 0 unspecified atom stereocenters. The van der Waals surface area contributed by atoms with Crippen molar-refractivity contribution >= 4 is 16.7 Å². The Hall–Kier alpha value is -1.83. The number of rotatable bonds is 6. The topological polar surface area (TPSA) is 29.1 Å². The van der Waals surface area contributed by atoms with Gasteiger partial charge < -0.3 is 5.32 Å². The molecule has 0 radical (unpaired) electrons. The summed E-state index contributed by atoms with van der Waals surface area (Å²) >= 11 is 0. The summed E-state index contributed by atoms with van der Waals surface area (Å²) in [6.45, 7) is 2.77. The van der Waals surface area contributed by atoms with Crippen LogP contribution in [0.15, 0.2) is 42.5 Å². The van der Waals surface area contributed by atoms with Crippen molar-refractivity contribution in [2.45, 2.75) is 39.2 Å². The highest BCUT2D eigenvalue weighted by Crippen LogP contribution is 2.15. The summed E-state index contributed by atoms with van der Waals surface area (Å²) in [5.74, 6) is 0.154. The molecule has 0 aliphatic heterocycles. The standard InChI is InChI=1S/C17H21NO/c1-2-3-4-9-17(19)18-13-14-10-11-15-7-5-6-8-16(15)12-14/h5-8,10-12H,2-4,9,13H2,1H3,(H,18,19). The van der Waals surface area contributed by atoms with Gasteiger partial charge in [0, 0.05) is 13.0 Å². The lowest BCUT2D eigenvalue weighted by atomic mass is 10.1. The Morgan fingerprint density at radius 1 is 1.05 bits per heavy atom. The molecular weight excluding hydrogens is 234 g/mol. The lowest BCUT2D eigenvalue weighted by molar-refractivity contribution is -0.121. The van der Waals surface area contributed by atoms with Crippen molar-refractivity contribution in [2.75, 3.05) is 0 Å². The number of hydrogen-bond acceptors (Lipinski definition) is 1. The van der Waals surface area contributed by atoms with Gasteiger partial charge in [0.25, 0.3) is 0 Å². The van der Waals surface area contributed by atoms with Gasteiger partial charge in [0.15, 0.2) is 0 Å². The molecule has 0 saturated carbocycles. The van der Waals surface area contributed by atoms with Crippen LogP contribution in [0.3, 0.4) is 0 Å². The number of hydrogen-bond donors (Lipinski definition) is 1. The average Bonchev–Trinajstić information content (AvgIpc) is 2.45. The van der Waals surface area contributed by atoms with Crippen molar-refractivity contribution in [3.8, 4) is 0 Å². The molecule has 0 aromatic heterocycles. The van der Waals surface area contributed by atoms with E-state index in [0.717, 1.165) is 24.8 Å². The molecule has 0 fully saturated rings. The summed E-state index contributed by atoms with van der Waals surface area (Å²) in [4.78, 5) is 11.6. The van der Waals surface area contributed by atoms with E-state index in [1.54, 1.807) is 0 Å². The molecule has 2 nitrogen and oxygen atoms in total. The van der Waals surface area contributed by atoms with Crippen LogP contribution in [0.25, 0.3) is 10.8 Å². The third-order valence-corrected chi connectivity index (χ3v) is 3.31. The monoisotopic (exact) mass is 255 g/mol. The van der Waals surface area contributed by atoms with Gasteiger partial charge in [-0.3, -0.25) is 4.79 Å². The second-order valence-corrected chi connectivity index (χ2v) is 4.92. The highest BCUT2D eigenvalue weighted by atomic mass is 16.1. The third-order valence-electron chi connectivity index (χ3n) is 3.31. The molecule has 0 saturated heterocycles. The van der Waals surface area contributed by atoms with Crippen molar-refractivity contribution in [1.29, 1.82) is 0 Å². The second kappa shape index (κ2) is 6.93. The minimum absolute atomic E-state index is 0.154. The second-order valence-electron chi connectivity index (χ2n) is 4.92. The lowest BCUT2D eigenvalue weighted by Gasteiger charge is -2.06. The number of nitrogens with one attached hydrogen (secondary N) is 1. The maximum absolute atomic E-state index is 11.6. The Balaban J connectivity index is 1.89. The number of fused-ring (bicyclic) bond motifs is 1. The number of carbonyl (C=O) groups excluding carboxylic acids is 1. The molecule has 1 amide bonds. The fourth-order valence-electron chi connectivity index (χ4n) is 2.17. The molecule has 1 N–H and O–H groups in total. The van der Waals surface area contributed by atoms with Crippen LogP contribution in [0.2, 0.25) is 0 Å². The first-order chi connectivity index (χ1) is 9.29. The van der Waals surface area contributed by atoms with Crippen LogP contribution in [-0.2, 0) is 11.3 Å². The van der Waals surface area contributed by atoms with Crippen LogP contribution in [-0.4, -0.2) is 5.91 Å². The van der Waals surface area contributed by atoms with Crippen molar-refractivity contribution in [1.82, 2.24) is 5.32 Å². The van der Waals surface area contributed by atoms with Crippen molar-refractivity contribution in [3.05, 3.63) is 48.0 Å². The molecule has 2 aromatic rings. The summed E-state index contributed by atoms with van der Waals surface area (Å²) in [6, 6.07) is 14.6. The van der Waals surface area contributed by atoms with Crippen LogP contribution in [0.4, 0.5) is 0 Å². The van der Waals surface area contributed by atoms with E-state index in [1.807, 2.05) is 12.1 Å². The summed E-state index contributed by atoms with van der Waals surface area (Å²) in [6.07, 6.45) is 3.91. The normalized spacial score (nSPS) is 10.6. The van der Waals surface area contributed by atoms with Gasteiger partial charge in [0.05, 0.1) is 0 Å². The Morgan fingerprint density at radius 2 is 1.84 bits per heavy atom. The first-order valence-electron chi connectivity index (χ1n) is 7.04. The smallest absolute Gasteiger partial charge is 0.220 e. The number of carbonyl (C=O) groups is 1. The summed E-state index contributed by atoms with van der Waals surface area (Å²) < 4.78 is 0. The van der Waals surface area contributed by atoms with E-state index in [2.05, 4.69) is 42.6 Å². The highest BCUT2D eigenvalue weighted by Gasteiger charge is 2.01. The zero-order chi connectivity index (χ0) is 13.5. The SMILES string of the molecule is CCCCCC(=O)NCc1ccc2ccccc2c1. The molecule has 0 bridgehead atoms. The quantitative estimate of drug-likeness (QED) is 0.776. The van der Waals surface area contributed by atoms with E-state index in [9.17, 15) is 4.79 Å². The summed E-state index contributed by atoms with van der Waals surface area (Å²) in [5.41, 5.74) is 1.16. The lowest BCUT2D eigenvalue weighted by Crippen LogP contribution is -2.22. The molecule has 0 heterocycles. The van der Waals surface area contributed by atoms with E-state index in [0.29, 0.717) is 13.0 Å². The molecule has 2 aromatic carbocycles. The van der Waals surface area contributed by atoms with E-state index in [-0.39, 0.29) is 5.91 Å². The van der Waals surface area contributed by atoms with Gasteiger partial charge in [-0.15, -0.1) is 0 Å². The van der Waals surface area contributed by atoms with E-state index < -0.39 is 0 Å². The van der Waals surface area contributed by atoms with E-state index in [1.165, 1.54) is 10.8 Å². The molecule has 2 rings (SSSR count). The van der Waals surface area contributed by atoms with Crippen molar-refractivity contribution < 1.29 is 4.79 Å². The molecule has 0 spiro atoms. The van der Waals surface area contributed by atoms with Gasteiger partial charge in [-0.05, 0) is 28.8 Å². The molecule has 19 heavy (non-hydrogen) atoms. The van der Waals surface area contributed by atoms with Gasteiger partial charge in [-0.25, -0.2) is 0 Å². The zero-order valence-electron chi connectivity index (χ0n) is 11.5. The number of unbranched alkanes of at least 4 members (excludes halogenated alkanes) is 2. The predicted octanol–water partition coefficient (Wildman–Crippen LogP) is 4.04. The Labute approximate surface area is 114 Å². The summed E-state index contributed by atoms with van der Waals surface area (Å²) in [7, 11) is 0. The maximum Gasteiger partial charge on any atom is 0.220 e. The predicted molar refractivity (Wildman–Crippen MR) is 79.9 cm³/mol. The molecule has 0 aliphatic rings. The number of amides is 1. The highest BCUT2D eigenvalue weighted by molar-refractivity contribution is 5.83. The van der Waals surface area contributed by atoms with E-state index >= 15 is 0 Å². The van der Waals surface area contributed by atoms with Gasteiger partial charge >= 0.3 is 0 Å².